The van der Waals surface area contributed by atoms with Crippen LogP contribution in [0.5, 0.6) is 11.5 Å². The van der Waals surface area contributed by atoms with Gasteiger partial charge in [-0.2, -0.15) is 0 Å². The number of methoxy groups -OCH3 is 2. The molecule has 27 heavy (non-hydrogen) atoms. The topological polar surface area (TPSA) is 84.9 Å². The Hall–Kier alpha value is -2.08. The molecule has 1 aliphatic rings. The van der Waals surface area contributed by atoms with Crippen LogP contribution >= 0.6 is 0 Å². The molecular weight excluding hydrogens is 346 g/mol. The highest BCUT2D eigenvalue weighted by Crippen LogP contribution is 2.41. The summed E-state index contributed by atoms with van der Waals surface area (Å²) in [6.45, 7) is 5.88. The van der Waals surface area contributed by atoms with Crippen molar-refractivity contribution in [1.82, 2.24) is 5.32 Å². The molecule has 6 nitrogen and oxygen atoms in total. The molecule has 2 rings (SSSR count). The minimum atomic E-state index is -1.44. The van der Waals surface area contributed by atoms with Gasteiger partial charge in [-0.05, 0) is 42.7 Å². The Balaban J connectivity index is 2.13. The van der Waals surface area contributed by atoms with E-state index in [2.05, 4.69) is 5.32 Å². The summed E-state index contributed by atoms with van der Waals surface area (Å²) in [6, 6.07) is 5.03. The Morgan fingerprint density at radius 1 is 1.26 bits per heavy atom. The lowest BCUT2D eigenvalue weighted by Gasteiger charge is -2.43. The normalized spacial score (nSPS) is 25.1. The fraction of sp³-hybridized carbons (Fsp3) is 0.619. The predicted octanol–water partition coefficient (Wildman–Crippen LogP) is 2.83. The van der Waals surface area contributed by atoms with Crippen molar-refractivity contribution in [2.24, 2.45) is 17.8 Å². The second-order valence-corrected chi connectivity index (χ2v) is 7.81. The average molecular weight is 377 g/mol. The first-order valence-electron chi connectivity index (χ1n) is 9.49. The lowest BCUT2D eigenvalue weighted by atomic mass is 9.66. The predicted molar refractivity (Wildman–Crippen MR) is 103 cm³/mol. The van der Waals surface area contributed by atoms with E-state index >= 15 is 0 Å². The number of hydrogen-bond donors (Lipinski definition) is 2. The maximum Gasteiger partial charge on any atom is 0.252 e. The van der Waals surface area contributed by atoms with Gasteiger partial charge < -0.3 is 19.9 Å². The molecule has 3 atom stereocenters. The van der Waals surface area contributed by atoms with Crippen molar-refractivity contribution in [3.63, 3.8) is 0 Å². The second-order valence-electron chi connectivity index (χ2n) is 7.81. The number of para-hydroxylation sites is 1. The first-order valence-corrected chi connectivity index (χ1v) is 9.49. The summed E-state index contributed by atoms with van der Waals surface area (Å²) >= 11 is 0. The van der Waals surface area contributed by atoms with Gasteiger partial charge in [0.2, 0.25) is 0 Å². The smallest absolute Gasteiger partial charge is 0.252 e. The highest BCUT2D eigenvalue weighted by Gasteiger charge is 2.48. The molecule has 1 aromatic carbocycles. The summed E-state index contributed by atoms with van der Waals surface area (Å²) in [4.78, 5) is 25.5. The molecule has 0 aliphatic heterocycles. The zero-order valence-electron chi connectivity index (χ0n) is 16.9. The number of hydrogen-bond acceptors (Lipinski definition) is 5. The van der Waals surface area contributed by atoms with Crippen LogP contribution in [0.15, 0.2) is 18.2 Å². The van der Waals surface area contributed by atoms with Crippen molar-refractivity contribution in [1.29, 1.82) is 0 Å². The number of benzene rings is 1. The van der Waals surface area contributed by atoms with E-state index in [4.69, 9.17) is 9.47 Å². The second kappa shape index (κ2) is 8.74. The first kappa shape index (κ1) is 21.2. The van der Waals surface area contributed by atoms with Gasteiger partial charge in [-0.3, -0.25) is 9.59 Å². The average Bonchev–Trinajstić information content (AvgIpc) is 2.64. The number of rotatable bonds is 7. The largest absolute Gasteiger partial charge is 0.493 e. The van der Waals surface area contributed by atoms with Gasteiger partial charge in [0, 0.05) is 0 Å². The molecule has 3 unspecified atom stereocenters. The van der Waals surface area contributed by atoms with Crippen LogP contribution in [0, 0.1) is 17.8 Å². The summed E-state index contributed by atoms with van der Waals surface area (Å²) in [6.07, 6.45) is 2.22. The van der Waals surface area contributed by atoms with Crippen LogP contribution in [0.1, 0.15) is 50.4 Å². The molecule has 0 radical (unpaired) electrons. The third-order valence-electron chi connectivity index (χ3n) is 5.55. The van der Waals surface area contributed by atoms with Crippen molar-refractivity contribution in [3.8, 4) is 11.5 Å². The molecule has 1 aromatic rings. The van der Waals surface area contributed by atoms with Crippen LogP contribution in [0.4, 0.5) is 0 Å². The number of ketones is 1. The molecule has 0 saturated heterocycles. The van der Waals surface area contributed by atoms with Gasteiger partial charge in [0.1, 0.15) is 5.60 Å². The highest BCUT2D eigenvalue weighted by molar-refractivity contribution is 6.02. The summed E-state index contributed by atoms with van der Waals surface area (Å²) in [5.74, 6) is 0.358. The van der Waals surface area contributed by atoms with Gasteiger partial charge in [0.05, 0.1) is 26.3 Å². The van der Waals surface area contributed by atoms with E-state index in [1.807, 2.05) is 20.8 Å². The van der Waals surface area contributed by atoms with E-state index in [1.54, 1.807) is 18.2 Å². The lowest BCUT2D eigenvalue weighted by molar-refractivity contribution is -0.155. The summed E-state index contributed by atoms with van der Waals surface area (Å²) < 4.78 is 10.5. The number of aliphatic hydroxyl groups is 1. The third-order valence-corrected chi connectivity index (χ3v) is 5.55. The zero-order valence-corrected chi connectivity index (χ0v) is 16.9. The van der Waals surface area contributed by atoms with Crippen LogP contribution in [0.25, 0.3) is 0 Å². The van der Waals surface area contributed by atoms with Gasteiger partial charge in [-0.1, -0.05) is 33.3 Å². The maximum atomic E-state index is 12.8. The zero-order chi connectivity index (χ0) is 20.2. The molecule has 0 bridgehead atoms. The molecule has 150 valence electrons. The fourth-order valence-electron chi connectivity index (χ4n) is 4.15. The van der Waals surface area contributed by atoms with Crippen LogP contribution in [0.3, 0.4) is 0 Å². The van der Waals surface area contributed by atoms with Crippen LogP contribution in [-0.2, 0) is 4.79 Å². The Morgan fingerprint density at radius 2 is 1.96 bits per heavy atom. The van der Waals surface area contributed by atoms with Crippen molar-refractivity contribution in [2.75, 3.05) is 20.8 Å². The minimum absolute atomic E-state index is 0.116. The van der Waals surface area contributed by atoms with E-state index in [-0.39, 0.29) is 30.1 Å². The van der Waals surface area contributed by atoms with Gasteiger partial charge in [-0.25, -0.2) is 0 Å². The lowest BCUT2D eigenvalue weighted by Crippen LogP contribution is -2.57. The summed E-state index contributed by atoms with van der Waals surface area (Å²) in [7, 11) is 2.96. The molecular formula is C21H31NO5. The first-order chi connectivity index (χ1) is 12.7. The molecule has 2 N–H and O–H groups in total. The van der Waals surface area contributed by atoms with Crippen LogP contribution in [0.2, 0.25) is 0 Å². The van der Waals surface area contributed by atoms with Gasteiger partial charge >= 0.3 is 0 Å². The maximum absolute atomic E-state index is 12.8. The number of amides is 1. The monoisotopic (exact) mass is 377 g/mol. The van der Waals surface area contributed by atoms with Crippen molar-refractivity contribution in [2.45, 2.75) is 45.6 Å². The SMILES string of the molecule is COc1cccc(C(=O)CNC(=O)C2(O)CC(C)CCC2C(C)C)c1OC. The summed E-state index contributed by atoms with van der Waals surface area (Å²) in [5, 5.41) is 13.8. The number of nitrogens with one attached hydrogen (secondary N) is 1. The molecule has 1 fully saturated rings. The van der Waals surface area contributed by atoms with E-state index < -0.39 is 11.5 Å². The standard InChI is InChI=1S/C21H31NO5/c1-13(2)16-10-9-14(3)11-21(16,25)20(24)22-12-17(23)15-7-6-8-18(26-4)19(15)27-5/h6-8,13-14,16,25H,9-12H2,1-5H3,(H,22,24). The highest BCUT2D eigenvalue weighted by atomic mass is 16.5. The number of Topliss-reactive ketones (excluding diaryl/α,β-unsaturated/α-hetero) is 1. The van der Waals surface area contributed by atoms with Gasteiger partial charge in [0.15, 0.2) is 17.3 Å². The molecule has 0 aromatic heterocycles. The molecule has 6 heteroatoms. The van der Waals surface area contributed by atoms with Crippen molar-refractivity contribution < 1.29 is 24.2 Å². The number of carbonyl (C=O) groups excluding carboxylic acids is 2. The number of ether oxygens (including phenoxy) is 2. The Bertz CT molecular complexity index is 687. The van der Waals surface area contributed by atoms with Gasteiger partial charge in [0.25, 0.3) is 5.91 Å². The number of carbonyl (C=O) groups is 2. The van der Waals surface area contributed by atoms with Crippen molar-refractivity contribution >= 4 is 11.7 Å². The Kier molecular flexibility index (Phi) is 6.87. The quantitative estimate of drug-likeness (QED) is 0.714. The molecule has 1 aliphatic carbocycles. The van der Waals surface area contributed by atoms with Crippen LogP contribution in [-0.4, -0.2) is 43.2 Å². The summed E-state index contributed by atoms with van der Waals surface area (Å²) in [5.41, 5.74) is -1.11. The van der Waals surface area contributed by atoms with E-state index in [9.17, 15) is 14.7 Å². The Morgan fingerprint density at radius 3 is 2.56 bits per heavy atom. The molecule has 1 amide bonds. The fourth-order valence-corrected chi connectivity index (χ4v) is 4.15. The molecule has 0 spiro atoms. The van der Waals surface area contributed by atoms with Gasteiger partial charge in [-0.15, -0.1) is 0 Å². The van der Waals surface area contributed by atoms with E-state index in [0.29, 0.717) is 23.5 Å². The minimum Gasteiger partial charge on any atom is -0.493 e. The van der Waals surface area contributed by atoms with Crippen LogP contribution < -0.4 is 14.8 Å². The van der Waals surface area contributed by atoms with E-state index in [1.165, 1.54) is 14.2 Å². The van der Waals surface area contributed by atoms with Crippen molar-refractivity contribution in [3.05, 3.63) is 23.8 Å². The Labute approximate surface area is 161 Å². The third kappa shape index (κ3) is 4.43. The molecule has 1 saturated carbocycles. The molecule has 0 heterocycles. The van der Waals surface area contributed by atoms with E-state index in [0.717, 1.165) is 12.8 Å².